The van der Waals surface area contributed by atoms with Gasteiger partial charge in [-0.2, -0.15) is 0 Å². The van der Waals surface area contributed by atoms with E-state index in [0.717, 1.165) is 10.2 Å². The Morgan fingerprint density at radius 3 is 3.44 bits per heavy atom. The zero-order valence-corrected chi connectivity index (χ0v) is 5.35. The van der Waals surface area contributed by atoms with E-state index < -0.39 is 0 Å². The number of fused-ring (bicyclic) bond motifs is 1. The first kappa shape index (κ1) is 4.88. The van der Waals surface area contributed by atoms with Gasteiger partial charge in [-0.05, 0) is 11.4 Å². The fourth-order valence-electron chi connectivity index (χ4n) is 0.666. The van der Waals surface area contributed by atoms with Crippen LogP contribution in [0.3, 0.4) is 0 Å². The van der Waals surface area contributed by atoms with Crippen LogP contribution in [0.5, 0.6) is 0 Å². The Bertz CT molecular complexity index is 285. The normalized spacial score (nSPS) is 10.2. The molecule has 0 aliphatic heterocycles. The monoisotopic (exact) mass is 135 g/mol. The van der Waals surface area contributed by atoms with E-state index in [1.165, 1.54) is 6.33 Å². The van der Waals surface area contributed by atoms with Gasteiger partial charge in [-0.15, -0.1) is 11.3 Å². The van der Waals surface area contributed by atoms with Crippen LogP contribution in [0.2, 0.25) is 0 Å². The second-order valence-corrected chi connectivity index (χ2v) is 2.54. The van der Waals surface area contributed by atoms with Gasteiger partial charge in [0, 0.05) is 0 Å². The highest BCUT2D eigenvalue weighted by atomic mass is 32.1. The molecule has 43 valence electrons. The number of rotatable bonds is 0. The van der Waals surface area contributed by atoms with E-state index in [-0.39, 0.29) is 0 Å². The van der Waals surface area contributed by atoms with Crippen molar-refractivity contribution in [3.05, 3.63) is 24.0 Å². The fraction of sp³-hybridized carbons (Fsp3) is 0. The SMILES string of the molecule is [c]1ncnc2ccsc12. The second kappa shape index (κ2) is 1.77. The van der Waals surface area contributed by atoms with Crippen molar-refractivity contribution in [3.63, 3.8) is 0 Å². The molecule has 0 bridgehead atoms. The topological polar surface area (TPSA) is 25.8 Å². The Kier molecular flexibility index (Phi) is 0.960. The van der Waals surface area contributed by atoms with Crippen LogP contribution < -0.4 is 0 Å². The molecular formula is C6H3N2S. The van der Waals surface area contributed by atoms with Gasteiger partial charge in [-0.25, -0.2) is 9.97 Å². The van der Waals surface area contributed by atoms with E-state index >= 15 is 0 Å². The van der Waals surface area contributed by atoms with Crippen LogP contribution in [-0.4, -0.2) is 9.97 Å². The molecule has 9 heavy (non-hydrogen) atoms. The zero-order chi connectivity index (χ0) is 6.10. The second-order valence-electron chi connectivity index (χ2n) is 1.62. The van der Waals surface area contributed by atoms with Crippen LogP contribution in [0.1, 0.15) is 0 Å². The summed E-state index contributed by atoms with van der Waals surface area (Å²) < 4.78 is 1.03. The zero-order valence-electron chi connectivity index (χ0n) is 4.53. The van der Waals surface area contributed by atoms with E-state index in [2.05, 4.69) is 16.2 Å². The molecule has 0 fully saturated rings. The minimum Gasteiger partial charge on any atom is -0.235 e. The Hall–Kier alpha value is -0.960. The first-order valence-electron chi connectivity index (χ1n) is 2.53. The molecule has 0 unspecified atom stereocenters. The predicted octanol–water partition coefficient (Wildman–Crippen LogP) is 1.49. The van der Waals surface area contributed by atoms with Gasteiger partial charge in [0.15, 0.2) is 0 Å². The van der Waals surface area contributed by atoms with Gasteiger partial charge in [-0.1, -0.05) is 0 Å². The molecule has 3 heteroatoms. The molecule has 0 spiro atoms. The minimum atomic E-state index is 0.981. The first-order valence-corrected chi connectivity index (χ1v) is 3.41. The van der Waals surface area contributed by atoms with Gasteiger partial charge in [0.05, 0.1) is 10.2 Å². The first-order chi connectivity index (χ1) is 4.47. The third-order valence-corrected chi connectivity index (χ3v) is 1.87. The van der Waals surface area contributed by atoms with Crippen molar-refractivity contribution in [2.24, 2.45) is 0 Å². The highest BCUT2D eigenvalue weighted by Crippen LogP contribution is 2.14. The fourth-order valence-corrected chi connectivity index (χ4v) is 1.35. The van der Waals surface area contributed by atoms with Crippen LogP contribution in [0.25, 0.3) is 10.2 Å². The smallest absolute Gasteiger partial charge is 0.116 e. The molecule has 0 N–H and O–H groups in total. The predicted molar refractivity (Wildman–Crippen MR) is 36.3 cm³/mol. The molecule has 2 aromatic rings. The maximum absolute atomic E-state index is 4.01. The summed E-state index contributed by atoms with van der Waals surface area (Å²) in [6.07, 6.45) is 4.35. The molecule has 0 saturated carbocycles. The van der Waals surface area contributed by atoms with Crippen molar-refractivity contribution in [1.82, 2.24) is 9.97 Å². The molecule has 0 atom stereocenters. The average molecular weight is 135 g/mol. The van der Waals surface area contributed by atoms with Crippen LogP contribution >= 0.6 is 11.3 Å². The summed E-state index contributed by atoms with van der Waals surface area (Å²) in [5.41, 5.74) is 0.981. The summed E-state index contributed by atoms with van der Waals surface area (Å²) in [7, 11) is 0. The number of aromatic nitrogens is 2. The van der Waals surface area contributed by atoms with E-state index in [4.69, 9.17) is 0 Å². The van der Waals surface area contributed by atoms with Crippen LogP contribution in [0, 0.1) is 6.20 Å². The van der Waals surface area contributed by atoms with Gasteiger partial charge in [0.1, 0.15) is 12.5 Å². The standard InChI is InChI=1S/C6H3N2S/c1-2-9-6-3-7-4-8-5(1)6/h1-2,4H. The van der Waals surface area contributed by atoms with Crippen LogP contribution in [-0.2, 0) is 0 Å². The lowest BCUT2D eigenvalue weighted by Gasteiger charge is -1.80. The van der Waals surface area contributed by atoms with Gasteiger partial charge in [-0.3, -0.25) is 0 Å². The van der Waals surface area contributed by atoms with Gasteiger partial charge in [0.25, 0.3) is 0 Å². The minimum absolute atomic E-state index is 0.981. The van der Waals surface area contributed by atoms with Crippen LogP contribution in [0.15, 0.2) is 17.8 Å². The molecule has 0 amide bonds. The Labute approximate surface area is 56.2 Å². The average Bonchev–Trinajstić information content (AvgIpc) is 2.33. The summed E-state index contributed by atoms with van der Waals surface area (Å²) in [5, 5.41) is 1.98. The number of hydrogen-bond donors (Lipinski definition) is 0. The van der Waals surface area contributed by atoms with E-state index in [0.29, 0.717) is 0 Å². The maximum atomic E-state index is 4.01. The summed E-state index contributed by atoms with van der Waals surface area (Å²) in [5.74, 6) is 0. The van der Waals surface area contributed by atoms with Crippen molar-refractivity contribution in [2.45, 2.75) is 0 Å². The molecule has 2 aromatic heterocycles. The Morgan fingerprint density at radius 1 is 1.56 bits per heavy atom. The van der Waals surface area contributed by atoms with Crippen molar-refractivity contribution in [3.8, 4) is 0 Å². The quantitative estimate of drug-likeness (QED) is 0.547. The van der Waals surface area contributed by atoms with Crippen molar-refractivity contribution in [2.75, 3.05) is 0 Å². The molecule has 0 aromatic carbocycles. The molecule has 0 saturated heterocycles. The van der Waals surface area contributed by atoms with Crippen molar-refractivity contribution in [1.29, 1.82) is 0 Å². The Balaban J connectivity index is 2.95. The third kappa shape index (κ3) is 0.695. The Morgan fingerprint density at radius 2 is 2.56 bits per heavy atom. The lowest BCUT2D eigenvalue weighted by molar-refractivity contribution is 1.22. The molecule has 2 rings (SSSR count). The summed E-state index contributed by atoms with van der Waals surface area (Å²) >= 11 is 1.61. The molecular weight excluding hydrogens is 132 g/mol. The highest BCUT2D eigenvalue weighted by molar-refractivity contribution is 7.17. The number of nitrogens with zero attached hydrogens (tertiary/aromatic N) is 2. The van der Waals surface area contributed by atoms with E-state index in [1.807, 2.05) is 11.4 Å². The van der Waals surface area contributed by atoms with Crippen molar-refractivity contribution >= 4 is 21.6 Å². The largest absolute Gasteiger partial charge is 0.235 e. The highest BCUT2D eigenvalue weighted by Gasteiger charge is 1.91. The molecule has 2 heterocycles. The van der Waals surface area contributed by atoms with Gasteiger partial charge >= 0.3 is 0 Å². The molecule has 0 aliphatic carbocycles. The van der Waals surface area contributed by atoms with Gasteiger partial charge < -0.3 is 0 Å². The van der Waals surface area contributed by atoms with Gasteiger partial charge in [0.2, 0.25) is 0 Å². The summed E-state index contributed by atoms with van der Waals surface area (Å²) in [4.78, 5) is 7.77. The van der Waals surface area contributed by atoms with E-state index in [9.17, 15) is 0 Å². The lowest BCUT2D eigenvalue weighted by Crippen LogP contribution is -1.72. The molecule has 2 nitrogen and oxygen atoms in total. The molecule has 1 radical (unpaired) electrons. The van der Waals surface area contributed by atoms with Crippen LogP contribution in [0.4, 0.5) is 0 Å². The maximum Gasteiger partial charge on any atom is 0.116 e. The number of hydrogen-bond acceptors (Lipinski definition) is 3. The lowest BCUT2D eigenvalue weighted by atomic mass is 10.5. The third-order valence-electron chi connectivity index (χ3n) is 1.07. The van der Waals surface area contributed by atoms with Crippen molar-refractivity contribution < 1.29 is 0 Å². The summed E-state index contributed by atoms with van der Waals surface area (Å²) in [6.45, 7) is 0. The number of thiophene rings is 1. The summed E-state index contributed by atoms with van der Waals surface area (Å²) in [6, 6.07) is 1.96. The molecule has 0 aliphatic rings. The van der Waals surface area contributed by atoms with E-state index in [1.54, 1.807) is 11.3 Å².